The number of hydrogen-bond donors (Lipinski definition) is 0. The third-order valence-corrected chi connectivity index (χ3v) is 6.10. The number of anilines is 1. The number of carbonyl (C=O) groups excluding carboxylic acids is 2. The Balaban J connectivity index is 1.41. The maximum Gasteiger partial charge on any atom is 0.410 e. The van der Waals surface area contributed by atoms with Crippen LogP contribution in [0.1, 0.15) is 50.8 Å². The summed E-state index contributed by atoms with van der Waals surface area (Å²) >= 11 is 0. The highest BCUT2D eigenvalue weighted by Crippen LogP contribution is 2.37. The van der Waals surface area contributed by atoms with Crippen molar-refractivity contribution in [3.05, 3.63) is 59.8 Å². The Hall–Kier alpha value is -3.29. The lowest BCUT2D eigenvalue weighted by Gasteiger charge is -2.37. The molecule has 0 aliphatic carbocycles. The normalized spacial score (nSPS) is 18.7. The molecule has 0 bridgehead atoms. The van der Waals surface area contributed by atoms with Crippen LogP contribution in [0.15, 0.2) is 48.7 Å². The van der Waals surface area contributed by atoms with Gasteiger partial charge < -0.3 is 24.2 Å². The number of carbonyl (C=O) groups is 2. The van der Waals surface area contributed by atoms with Crippen molar-refractivity contribution in [3.8, 4) is 0 Å². The van der Waals surface area contributed by atoms with Crippen LogP contribution in [0.4, 0.5) is 15.4 Å². The molecule has 0 N–H and O–H groups in total. The Kier molecular flexibility index (Phi) is 7.24. The van der Waals surface area contributed by atoms with Gasteiger partial charge in [0.1, 0.15) is 18.0 Å². The number of rotatable bonds is 4. The van der Waals surface area contributed by atoms with E-state index >= 15 is 0 Å². The average Bonchev–Trinajstić information content (AvgIpc) is 3.32. The fraction of sp³-hybridized carbons (Fsp3) is 0.500. The third kappa shape index (κ3) is 5.79. The molecule has 4 rings (SSSR count). The van der Waals surface area contributed by atoms with E-state index in [0.29, 0.717) is 32.7 Å². The fourth-order valence-corrected chi connectivity index (χ4v) is 4.47. The average molecular weight is 467 g/mol. The predicted octanol–water partition coefficient (Wildman–Crippen LogP) is 4.61. The molecule has 0 spiro atoms. The maximum absolute atomic E-state index is 12.9. The van der Waals surface area contributed by atoms with Crippen LogP contribution in [0.5, 0.6) is 0 Å². The van der Waals surface area contributed by atoms with Gasteiger partial charge in [-0.3, -0.25) is 0 Å². The second-order valence-electron chi connectivity index (χ2n) is 9.76. The first-order valence-electron chi connectivity index (χ1n) is 12.0. The Labute approximate surface area is 201 Å². The van der Waals surface area contributed by atoms with Gasteiger partial charge in [-0.25, -0.2) is 14.6 Å². The molecule has 2 aliphatic heterocycles. The van der Waals surface area contributed by atoms with E-state index in [1.165, 1.54) is 0 Å². The molecule has 34 heavy (non-hydrogen) atoms. The molecular weight excluding hydrogens is 432 g/mol. The van der Waals surface area contributed by atoms with Crippen LogP contribution in [0.25, 0.3) is 0 Å². The third-order valence-electron chi connectivity index (χ3n) is 6.10. The van der Waals surface area contributed by atoms with E-state index in [-0.39, 0.29) is 24.8 Å². The number of pyridine rings is 1. The van der Waals surface area contributed by atoms with Gasteiger partial charge in [-0.1, -0.05) is 36.4 Å². The minimum Gasteiger partial charge on any atom is -0.445 e. The van der Waals surface area contributed by atoms with Gasteiger partial charge in [0.15, 0.2) is 0 Å². The smallest absolute Gasteiger partial charge is 0.410 e. The molecule has 2 saturated heterocycles. The molecule has 1 aromatic carbocycles. The van der Waals surface area contributed by atoms with E-state index in [0.717, 1.165) is 29.8 Å². The molecule has 182 valence electrons. The molecule has 8 heteroatoms. The molecule has 0 unspecified atom stereocenters. The zero-order valence-corrected chi connectivity index (χ0v) is 20.3. The summed E-state index contributed by atoms with van der Waals surface area (Å²) < 4.78 is 11.1. The Bertz CT molecular complexity index is 984. The minimum absolute atomic E-state index is 0.0733. The maximum atomic E-state index is 12.9. The van der Waals surface area contributed by atoms with E-state index < -0.39 is 5.60 Å². The van der Waals surface area contributed by atoms with Gasteiger partial charge in [-0.2, -0.15) is 0 Å². The molecule has 0 radical (unpaired) electrons. The van der Waals surface area contributed by atoms with Crippen LogP contribution in [0.3, 0.4) is 0 Å². The van der Waals surface area contributed by atoms with Gasteiger partial charge in [0.05, 0.1) is 6.04 Å². The lowest BCUT2D eigenvalue weighted by atomic mass is 10.0. The summed E-state index contributed by atoms with van der Waals surface area (Å²) in [6.07, 6.45) is 3.00. The van der Waals surface area contributed by atoms with Crippen molar-refractivity contribution in [3.63, 3.8) is 0 Å². The van der Waals surface area contributed by atoms with Crippen LogP contribution in [0.2, 0.25) is 0 Å². The number of amides is 2. The number of nitrogens with zero attached hydrogens (tertiary/aromatic N) is 4. The second-order valence-corrected chi connectivity index (χ2v) is 9.76. The predicted molar refractivity (Wildman–Crippen MR) is 130 cm³/mol. The standard InChI is InChI=1S/C26H34N4O4/c1-26(2,3)34-24(31)29-17-15-28(16-18-29)23-21(11-7-13-27-23)22-12-8-14-30(22)25(32)33-19-20-9-5-4-6-10-20/h4-7,9-11,13,22H,8,12,14-19H2,1-3H3/t22-/m1/s1. The van der Waals surface area contributed by atoms with Gasteiger partial charge in [-0.15, -0.1) is 0 Å². The molecule has 1 aromatic heterocycles. The Morgan fingerprint density at radius 2 is 1.71 bits per heavy atom. The van der Waals surface area contributed by atoms with Crippen molar-refractivity contribution in [1.82, 2.24) is 14.8 Å². The largest absolute Gasteiger partial charge is 0.445 e. The molecule has 2 amide bonds. The Morgan fingerprint density at radius 3 is 2.41 bits per heavy atom. The molecule has 2 aromatic rings. The topological polar surface area (TPSA) is 75.2 Å². The first-order valence-corrected chi connectivity index (χ1v) is 12.0. The first kappa shape index (κ1) is 23.9. The number of likely N-dealkylation sites (tertiary alicyclic amines) is 1. The van der Waals surface area contributed by atoms with Crippen LogP contribution < -0.4 is 4.90 Å². The summed E-state index contributed by atoms with van der Waals surface area (Å²) in [6, 6.07) is 13.6. The summed E-state index contributed by atoms with van der Waals surface area (Å²) in [5.41, 5.74) is 1.49. The van der Waals surface area contributed by atoms with Crippen molar-refractivity contribution in [2.24, 2.45) is 0 Å². The van der Waals surface area contributed by atoms with Crippen molar-refractivity contribution >= 4 is 18.0 Å². The molecule has 3 heterocycles. The summed E-state index contributed by atoms with van der Waals surface area (Å²) in [5, 5.41) is 0. The molecule has 2 fully saturated rings. The summed E-state index contributed by atoms with van der Waals surface area (Å²) in [7, 11) is 0. The molecule has 0 saturated carbocycles. The van der Waals surface area contributed by atoms with Crippen molar-refractivity contribution < 1.29 is 19.1 Å². The number of benzene rings is 1. The second kappa shape index (κ2) is 10.3. The highest BCUT2D eigenvalue weighted by atomic mass is 16.6. The van der Waals surface area contributed by atoms with Crippen LogP contribution in [-0.4, -0.2) is 65.3 Å². The number of piperazine rings is 1. The monoisotopic (exact) mass is 466 g/mol. The van der Waals surface area contributed by atoms with Crippen molar-refractivity contribution in [1.29, 1.82) is 0 Å². The molecule has 1 atom stereocenters. The van der Waals surface area contributed by atoms with E-state index in [4.69, 9.17) is 9.47 Å². The summed E-state index contributed by atoms with van der Waals surface area (Å²) in [4.78, 5) is 35.8. The zero-order chi connectivity index (χ0) is 24.1. The van der Waals surface area contributed by atoms with Crippen molar-refractivity contribution in [2.75, 3.05) is 37.6 Å². The lowest BCUT2D eigenvalue weighted by Crippen LogP contribution is -2.50. The van der Waals surface area contributed by atoms with E-state index in [2.05, 4.69) is 16.0 Å². The van der Waals surface area contributed by atoms with Gasteiger partial charge in [0, 0.05) is 44.5 Å². The molecule has 2 aliphatic rings. The van der Waals surface area contributed by atoms with Crippen LogP contribution >= 0.6 is 0 Å². The van der Waals surface area contributed by atoms with Gasteiger partial charge in [0.25, 0.3) is 0 Å². The quantitative estimate of drug-likeness (QED) is 0.655. The summed E-state index contributed by atoms with van der Waals surface area (Å²) in [5.74, 6) is 0.874. The minimum atomic E-state index is -0.510. The zero-order valence-electron chi connectivity index (χ0n) is 20.3. The lowest BCUT2D eigenvalue weighted by molar-refractivity contribution is 0.0240. The molecular formula is C26H34N4O4. The van der Waals surface area contributed by atoms with E-state index in [9.17, 15) is 9.59 Å². The summed E-state index contributed by atoms with van der Waals surface area (Å²) in [6.45, 7) is 9.01. The van der Waals surface area contributed by atoms with Gasteiger partial charge >= 0.3 is 12.2 Å². The van der Waals surface area contributed by atoms with Gasteiger partial charge in [0.2, 0.25) is 0 Å². The number of ether oxygens (including phenoxy) is 2. The SMILES string of the molecule is CC(C)(C)OC(=O)N1CCN(c2ncccc2[C@H]2CCCN2C(=O)OCc2ccccc2)CC1. The van der Waals surface area contributed by atoms with E-state index in [1.54, 1.807) is 11.1 Å². The number of hydrogen-bond acceptors (Lipinski definition) is 6. The first-order chi connectivity index (χ1) is 16.3. The highest BCUT2D eigenvalue weighted by molar-refractivity contribution is 5.70. The fourth-order valence-electron chi connectivity index (χ4n) is 4.47. The highest BCUT2D eigenvalue weighted by Gasteiger charge is 2.35. The van der Waals surface area contributed by atoms with Gasteiger partial charge in [-0.05, 0) is 45.2 Å². The van der Waals surface area contributed by atoms with E-state index in [1.807, 2.05) is 62.1 Å². The van der Waals surface area contributed by atoms with Crippen LogP contribution in [0, 0.1) is 0 Å². The number of aromatic nitrogens is 1. The van der Waals surface area contributed by atoms with Crippen LogP contribution in [-0.2, 0) is 16.1 Å². The Morgan fingerprint density at radius 1 is 0.971 bits per heavy atom. The molecule has 8 nitrogen and oxygen atoms in total. The van der Waals surface area contributed by atoms with Crippen molar-refractivity contribution in [2.45, 2.75) is 51.9 Å².